The molecule has 2 amide bonds. The maximum absolute atomic E-state index is 12.6. The number of amides is 2. The second kappa shape index (κ2) is 7.29. The van der Waals surface area contributed by atoms with E-state index in [0.717, 1.165) is 50.2 Å². The van der Waals surface area contributed by atoms with Crippen molar-refractivity contribution in [3.05, 3.63) is 30.1 Å². The highest BCUT2D eigenvalue weighted by Gasteiger charge is 2.43. The van der Waals surface area contributed by atoms with Gasteiger partial charge in [0.05, 0.1) is 5.71 Å². The quantitative estimate of drug-likeness (QED) is 0.815. The predicted molar refractivity (Wildman–Crippen MR) is 99.7 cm³/mol. The third-order valence-electron chi connectivity index (χ3n) is 6.07. The summed E-state index contributed by atoms with van der Waals surface area (Å²) in [4.78, 5) is 38.3. The zero-order valence-electron chi connectivity index (χ0n) is 15.8. The Morgan fingerprint density at radius 2 is 2.15 bits per heavy atom. The molecule has 1 aromatic heterocycles. The fourth-order valence-electron chi connectivity index (χ4n) is 4.40. The molecule has 0 aromatic carbocycles. The Bertz CT molecular complexity index is 741. The van der Waals surface area contributed by atoms with E-state index in [1.807, 2.05) is 35.1 Å². The van der Waals surface area contributed by atoms with Crippen LogP contribution < -0.4 is 0 Å². The van der Waals surface area contributed by atoms with E-state index in [1.54, 1.807) is 6.20 Å². The summed E-state index contributed by atoms with van der Waals surface area (Å²) < 4.78 is 0. The first-order chi connectivity index (χ1) is 13.0. The number of aromatic nitrogens is 1. The van der Waals surface area contributed by atoms with Crippen LogP contribution in [0.25, 0.3) is 0 Å². The first kappa shape index (κ1) is 17.9. The van der Waals surface area contributed by atoms with Gasteiger partial charge in [0.25, 0.3) is 5.91 Å². The van der Waals surface area contributed by atoms with Crippen molar-refractivity contribution in [1.82, 2.24) is 14.8 Å². The van der Waals surface area contributed by atoms with Crippen LogP contribution in [0.3, 0.4) is 0 Å². The lowest BCUT2D eigenvalue weighted by Crippen LogP contribution is -2.53. The average molecular weight is 370 g/mol. The first-order valence-corrected chi connectivity index (χ1v) is 9.69. The zero-order valence-corrected chi connectivity index (χ0v) is 15.8. The van der Waals surface area contributed by atoms with Crippen LogP contribution in [-0.4, -0.2) is 58.0 Å². The molecule has 1 spiro atoms. The molecule has 1 atom stereocenters. The van der Waals surface area contributed by atoms with Gasteiger partial charge in [-0.25, -0.2) is 0 Å². The minimum atomic E-state index is -0.450. The van der Waals surface area contributed by atoms with Gasteiger partial charge < -0.3 is 14.6 Å². The number of carbonyl (C=O) groups excluding carboxylic acids is 2. The summed E-state index contributed by atoms with van der Waals surface area (Å²) in [5.41, 5.74) is 2.05. The van der Waals surface area contributed by atoms with Gasteiger partial charge in [-0.15, -0.1) is 0 Å². The van der Waals surface area contributed by atoms with Crippen LogP contribution in [0.4, 0.5) is 0 Å². The molecule has 0 radical (unpaired) electrons. The molecular weight excluding hydrogens is 344 g/mol. The molecule has 0 unspecified atom stereocenters. The first-order valence-electron chi connectivity index (χ1n) is 9.69. The monoisotopic (exact) mass is 370 g/mol. The summed E-state index contributed by atoms with van der Waals surface area (Å²) >= 11 is 0. The lowest BCUT2D eigenvalue weighted by molar-refractivity contribution is -0.148. The number of hydrogen-bond donors (Lipinski definition) is 0. The zero-order chi connectivity index (χ0) is 18.9. The molecule has 0 bridgehead atoms. The van der Waals surface area contributed by atoms with Crippen LogP contribution in [0.2, 0.25) is 0 Å². The van der Waals surface area contributed by atoms with Gasteiger partial charge in [0.2, 0.25) is 12.0 Å². The van der Waals surface area contributed by atoms with Crippen molar-refractivity contribution in [2.75, 3.05) is 19.6 Å². The molecule has 7 heteroatoms. The molecular formula is C20H26N4O3. The van der Waals surface area contributed by atoms with Crippen LogP contribution in [0.15, 0.2) is 29.7 Å². The van der Waals surface area contributed by atoms with Crippen molar-refractivity contribution in [3.63, 3.8) is 0 Å². The van der Waals surface area contributed by atoms with Crippen molar-refractivity contribution >= 4 is 17.5 Å². The number of oxime groups is 1. The number of likely N-dealkylation sites (tertiary alicyclic amines) is 2. The fourth-order valence-corrected chi connectivity index (χ4v) is 4.40. The standard InChI is InChI=1S/C20H26N4O3/c1-15-11-17(27-22-15)19(26)23-9-6-20(7-10-23)5-4-18(25)24(14-20)13-16-3-2-8-21-12-16/h2-3,8,12,17H,4-7,9-11,13-14H2,1H3/t17-/m0/s1. The molecule has 3 aliphatic rings. The van der Waals surface area contributed by atoms with Crippen molar-refractivity contribution in [2.24, 2.45) is 10.6 Å². The maximum Gasteiger partial charge on any atom is 0.266 e. The molecule has 2 saturated heterocycles. The Labute approximate surface area is 159 Å². The maximum atomic E-state index is 12.6. The summed E-state index contributed by atoms with van der Waals surface area (Å²) in [6.07, 6.45) is 7.08. The van der Waals surface area contributed by atoms with Gasteiger partial charge >= 0.3 is 0 Å². The van der Waals surface area contributed by atoms with Crippen LogP contribution in [-0.2, 0) is 21.0 Å². The molecule has 3 aliphatic heterocycles. The topological polar surface area (TPSA) is 75.1 Å². The SMILES string of the molecule is CC1=NO[C@H](C(=O)N2CCC3(CCC(=O)N(Cc4cccnc4)C3)CC2)C1. The highest BCUT2D eigenvalue weighted by molar-refractivity contribution is 5.91. The number of pyridine rings is 1. The van der Waals surface area contributed by atoms with Crippen LogP contribution in [0, 0.1) is 5.41 Å². The largest absolute Gasteiger partial charge is 0.382 e. The molecule has 0 N–H and O–H groups in total. The molecule has 0 saturated carbocycles. The summed E-state index contributed by atoms with van der Waals surface area (Å²) in [5, 5.41) is 3.89. The van der Waals surface area contributed by atoms with Crippen LogP contribution in [0.5, 0.6) is 0 Å². The smallest absolute Gasteiger partial charge is 0.266 e. The van der Waals surface area contributed by atoms with Gasteiger partial charge in [-0.3, -0.25) is 14.6 Å². The molecule has 4 rings (SSSR count). The van der Waals surface area contributed by atoms with Crippen molar-refractivity contribution in [3.8, 4) is 0 Å². The minimum absolute atomic E-state index is 0.0459. The molecule has 2 fully saturated rings. The van der Waals surface area contributed by atoms with Gasteiger partial charge in [-0.2, -0.15) is 0 Å². The summed E-state index contributed by atoms with van der Waals surface area (Å²) in [7, 11) is 0. The predicted octanol–water partition coefficient (Wildman–Crippen LogP) is 1.98. The van der Waals surface area contributed by atoms with Gasteiger partial charge in [-0.05, 0) is 43.2 Å². The Morgan fingerprint density at radius 3 is 2.81 bits per heavy atom. The second-order valence-corrected chi connectivity index (χ2v) is 8.06. The van der Waals surface area contributed by atoms with Gasteiger partial charge in [0, 0.05) is 51.4 Å². The molecule has 27 heavy (non-hydrogen) atoms. The average Bonchev–Trinajstić information content (AvgIpc) is 3.12. The third-order valence-corrected chi connectivity index (χ3v) is 6.07. The van der Waals surface area contributed by atoms with Crippen LogP contribution >= 0.6 is 0 Å². The molecule has 7 nitrogen and oxygen atoms in total. The number of rotatable bonds is 3. The van der Waals surface area contributed by atoms with E-state index < -0.39 is 6.10 Å². The van der Waals surface area contributed by atoms with E-state index >= 15 is 0 Å². The highest BCUT2D eigenvalue weighted by Crippen LogP contribution is 2.40. The summed E-state index contributed by atoms with van der Waals surface area (Å²) in [6.45, 7) is 4.72. The van der Waals surface area contributed by atoms with E-state index in [-0.39, 0.29) is 17.2 Å². The van der Waals surface area contributed by atoms with Gasteiger partial charge in [0.1, 0.15) is 0 Å². The lowest BCUT2D eigenvalue weighted by Gasteiger charge is -2.47. The number of nitrogens with zero attached hydrogens (tertiary/aromatic N) is 4. The number of carbonyl (C=O) groups is 2. The normalized spacial score (nSPS) is 24.7. The van der Waals surface area contributed by atoms with Crippen molar-refractivity contribution in [1.29, 1.82) is 0 Å². The van der Waals surface area contributed by atoms with Gasteiger partial charge in [0.15, 0.2) is 0 Å². The fraction of sp³-hybridized carbons (Fsp3) is 0.600. The molecule has 1 aromatic rings. The van der Waals surface area contributed by atoms with E-state index in [4.69, 9.17) is 4.84 Å². The molecule has 144 valence electrons. The minimum Gasteiger partial charge on any atom is -0.382 e. The lowest BCUT2D eigenvalue weighted by atomic mass is 9.72. The highest BCUT2D eigenvalue weighted by atomic mass is 16.6. The summed E-state index contributed by atoms with van der Waals surface area (Å²) in [6, 6.07) is 3.91. The number of piperidine rings is 2. The van der Waals surface area contributed by atoms with Crippen molar-refractivity contribution < 1.29 is 14.4 Å². The third kappa shape index (κ3) is 3.82. The Balaban J connectivity index is 1.36. The van der Waals surface area contributed by atoms with E-state index in [2.05, 4.69) is 10.1 Å². The van der Waals surface area contributed by atoms with Crippen molar-refractivity contribution in [2.45, 2.75) is 51.7 Å². The van der Waals surface area contributed by atoms with E-state index in [1.165, 1.54) is 0 Å². The van der Waals surface area contributed by atoms with Gasteiger partial charge in [-0.1, -0.05) is 11.2 Å². The Kier molecular flexibility index (Phi) is 4.85. The van der Waals surface area contributed by atoms with E-state index in [9.17, 15) is 9.59 Å². The number of hydrogen-bond acceptors (Lipinski definition) is 5. The Morgan fingerprint density at radius 1 is 1.33 bits per heavy atom. The molecule has 0 aliphatic carbocycles. The molecule has 4 heterocycles. The Hall–Kier alpha value is -2.44. The summed E-state index contributed by atoms with van der Waals surface area (Å²) in [5.74, 6) is 0.263. The second-order valence-electron chi connectivity index (χ2n) is 8.06. The van der Waals surface area contributed by atoms with E-state index in [0.29, 0.717) is 19.4 Å². The van der Waals surface area contributed by atoms with Crippen LogP contribution in [0.1, 0.15) is 44.6 Å².